The standard InChI is InChI=1S/C22H18O10/c23-15-5-13(6-16(24)19(15)27)21(29)31-9-11-2-1-3-12(4-11)10-32-22(30)14-7-17(25)20(28)18(26)8-14/h1-8,23-28H,9-10H2. The fraction of sp³-hybridized carbons (Fsp3) is 0.0909. The fourth-order valence-electron chi connectivity index (χ4n) is 2.72. The van der Waals surface area contributed by atoms with Gasteiger partial charge in [-0.1, -0.05) is 18.2 Å². The van der Waals surface area contributed by atoms with Gasteiger partial charge in [-0.15, -0.1) is 0 Å². The van der Waals surface area contributed by atoms with E-state index in [2.05, 4.69) is 0 Å². The predicted octanol–water partition coefficient (Wildman–Crippen LogP) is 2.63. The van der Waals surface area contributed by atoms with Crippen LogP contribution in [0, 0.1) is 0 Å². The molecule has 3 aromatic carbocycles. The molecule has 0 aliphatic rings. The molecule has 0 atom stereocenters. The highest BCUT2D eigenvalue weighted by Crippen LogP contribution is 2.36. The van der Waals surface area contributed by atoms with Crippen LogP contribution in [-0.4, -0.2) is 42.6 Å². The lowest BCUT2D eigenvalue weighted by Crippen LogP contribution is -2.07. The Morgan fingerprint density at radius 3 is 1.28 bits per heavy atom. The van der Waals surface area contributed by atoms with E-state index in [4.69, 9.17) is 9.47 Å². The van der Waals surface area contributed by atoms with Gasteiger partial charge in [-0.3, -0.25) is 0 Å². The highest BCUT2D eigenvalue weighted by atomic mass is 16.5. The van der Waals surface area contributed by atoms with E-state index in [0.29, 0.717) is 11.1 Å². The molecule has 3 aromatic rings. The summed E-state index contributed by atoms with van der Waals surface area (Å²) < 4.78 is 10.2. The molecule has 0 fully saturated rings. The van der Waals surface area contributed by atoms with Crippen LogP contribution in [0.3, 0.4) is 0 Å². The summed E-state index contributed by atoms with van der Waals surface area (Å²) in [5, 5.41) is 56.6. The Balaban J connectivity index is 1.61. The molecule has 0 radical (unpaired) electrons. The summed E-state index contributed by atoms with van der Waals surface area (Å²) in [4.78, 5) is 24.2. The normalized spacial score (nSPS) is 10.5. The van der Waals surface area contributed by atoms with E-state index in [0.717, 1.165) is 24.3 Å². The van der Waals surface area contributed by atoms with E-state index in [-0.39, 0.29) is 24.3 Å². The van der Waals surface area contributed by atoms with Crippen LogP contribution in [0.15, 0.2) is 48.5 Å². The topological polar surface area (TPSA) is 174 Å². The van der Waals surface area contributed by atoms with Crippen LogP contribution in [0.5, 0.6) is 34.5 Å². The van der Waals surface area contributed by atoms with Crippen molar-refractivity contribution < 1.29 is 49.7 Å². The van der Waals surface area contributed by atoms with Crippen molar-refractivity contribution in [1.82, 2.24) is 0 Å². The average molecular weight is 442 g/mol. The Hall–Kier alpha value is -4.60. The molecule has 0 aliphatic carbocycles. The van der Waals surface area contributed by atoms with Gasteiger partial charge < -0.3 is 40.1 Å². The van der Waals surface area contributed by atoms with Crippen LogP contribution < -0.4 is 0 Å². The van der Waals surface area contributed by atoms with Crippen LogP contribution in [0.25, 0.3) is 0 Å². The van der Waals surface area contributed by atoms with E-state index >= 15 is 0 Å². The number of phenolic OH excluding ortho intramolecular Hbond substituents is 6. The summed E-state index contributed by atoms with van der Waals surface area (Å²) in [6.45, 7) is -0.328. The minimum absolute atomic E-state index is 0.164. The number of hydrogen-bond donors (Lipinski definition) is 6. The first kappa shape index (κ1) is 22.1. The zero-order chi connectivity index (χ0) is 23.4. The summed E-state index contributed by atoms with van der Waals surface area (Å²) >= 11 is 0. The number of phenols is 6. The van der Waals surface area contributed by atoms with Crippen LogP contribution in [0.2, 0.25) is 0 Å². The number of carbonyl (C=O) groups is 2. The van der Waals surface area contributed by atoms with Gasteiger partial charge in [-0.05, 0) is 41.5 Å². The molecular formula is C22H18O10. The number of aromatic hydroxyl groups is 6. The lowest BCUT2D eigenvalue weighted by atomic mass is 10.1. The lowest BCUT2D eigenvalue weighted by molar-refractivity contribution is 0.0470. The molecule has 3 rings (SSSR count). The van der Waals surface area contributed by atoms with Crippen molar-refractivity contribution in [3.05, 3.63) is 70.8 Å². The quantitative estimate of drug-likeness (QED) is 0.246. The predicted molar refractivity (Wildman–Crippen MR) is 108 cm³/mol. The van der Waals surface area contributed by atoms with Crippen molar-refractivity contribution in [3.8, 4) is 34.5 Å². The molecule has 6 N–H and O–H groups in total. The average Bonchev–Trinajstić information content (AvgIpc) is 2.77. The first-order chi connectivity index (χ1) is 15.2. The summed E-state index contributed by atoms with van der Waals surface area (Å²) in [6.07, 6.45) is 0. The maximum Gasteiger partial charge on any atom is 0.338 e. The molecule has 0 amide bonds. The Bertz CT molecular complexity index is 1050. The third-order valence-electron chi connectivity index (χ3n) is 4.34. The minimum Gasteiger partial charge on any atom is -0.504 e. The van der Waals surface area contributed by atoms with Gasteiger partial charge in [0.05, 0.1) is 11.1 Å². The number of esters is 2. The molecule has 0 aromatic heterocycles. The number of carbonyl (C=O) groups excluding carboxylic acids is 2. The Labute approximate surface area is 180 Å². The van der Waals surface area contributed by atoms with Gasteiger partial charge in [0.1, 0.15) is 13.2 Å². The molecule has 166 valence electrons. The third-order valence-corrected chi connectivity index (χ3v) is 4.34. The van der Waals surface area contributed by atoms with Gasteiger partial charge in [0.15, 0.2) is 34.5 Å². The van der Waals surface area contributed by atoms with Gasteiger partial charge >= 0.3 is 11.9 Å². The number of rotatable bonds is 6. The van der Waals surface area contributed by atoms with Crippen molar-refractivity contribution >= 4 is 11.9 Å². The molecule has 32 heavy (non-hydrogen) atoms. The fourth-order valence-corrected chi connectivity index (χ4v) is 2.72. The molecule has 10 heteroatoms. The van der Waals surface area contributed by atoms with Gasteiger partial charge in [0.2, 0.25) is 0 Å². The van der Waals surface area contributed by atoms with Crippen LogP contribution in [0.4, 0.5) is 0 Å². The van der Waals surface area contributed by atoms with Gasteiger partial charge in [0.25, 0.3) is 0 Å². The number of benzene rings is 3. The van der Waals surface area contributed by atoms with E-state index in [1.165, 1.54) is 0 Å². The summed E-state index contributed by atoms with van der Waals surface area (Å²) in [7, 11) is 0. The van der Waals surface area contributed by atoms with Gasteiger partial charge in [-0.25, -0.2) is 9.59 Å². The molecule has 0 heterocycles. The zero-order valence-electron chi connectivity index (χ0n) is 16.3. The van der Waals surface area contributed by atoms with Crippen molar-refractivity contribution in [2.45, 2.75) is 13.2 Å². The summed E-state index contributed by atoms with van der Waals surface area (Å²) in [5.74, 6) is -5.87. The molecule has 0 saturated carbocycles. The second-order valence-corrected chi connectivity index (χ2v) is 6.70. The van der Waals surface area contributed by atoms with Crippen LogP contribution in [-0.2, 0) is 22.7 Å². The molecular weight excluding hydrogens is 424 g/mol. The number of ether oxygens (including phenoxy) is 2. The zero-order valence-corrected chi connectivity index (χ0v) is 16.3. The highest BCUT2D eigenvalue weighted by molar-refractivity contribution is 5.91. The van der Waals surface area contributed by atoms with Crippen molar-refractivity contribution in [2.75, 3.05) is 0 Å². The molecule has 10 nitrogen and oxygen atoms in total. The van der Waals surface area contributed by atoms with E-state index < -0.39 is 46.4 Å². The van der Waals surface area contributed by atoms with Gasteiger partial charge in [-0.2, -0.15) is 0 Å². The maximum absolute atomic E-state index is 12.1. The Morgan fingerprint density at radius 2 is 0.938 bits per heavy atom. The van der Waals surface area contributed by atoms with E-state index in [9.17, 15) is 40.2 Å². The third kappa shape index (κ3) is 4.93. The van der Waals surface area contributed by atoms with Crippen molar-refractivity contribution in [1.29, 1.82) is 0 Å². The highest BCUT2D eigenvalue weighted by Gasteiger charge is 2.16. The van der Waals surface area contributed by atoms with Crippen molar-refractivity contribution in [2.24, 2.45) is 0 Å². The lowest BCUT2D eigenvalue weighted by Gasteiger charge is -2.10. The van der Waals surface area contributed by atoms with Crippen LogP contribution in [0.1, 0.15) is 31.8 Å². The first-order valence-electron chi connectivity index (χ1n) is 9.07. The second kappa shape index (κ2) is 9.04. The minimum atomic E-state index is -0.848. The van der Waals surface area contributed by atoms with Crippen molar-refractivity contribution in [3.63, 3.8) is 0 Å². The Kier molecular flexibility index (Phi) is 6.24. The van der Waals surface area contributed by atoms with E-state index in [1.54, 1.807) is 24.3 Å². The molecule has 0 bridgehead atoms. The molecule has 0 aliphatic heterocycles. The second-order valence-electron chi connectivity index (χ2n) is 6.70. The smallest absolute Gasteiger partial charge is 0.338 e. The molecule has 0 spiro atoms. The maximum atomic E-state index is 12.1. The van der Waals surface area contributed by atoms with Gasteiger partial charge in [0, 0.05) is 0 Å². The molecule has 0 unspecified atom stereocenters. The molecule has 0 saturated heterocycles. The summed E-state index contributed by atoms with van der Waals surface area (Å²) in [5.41, 5.74) is 0.782. The van der Waals surface area contributed by atoms with E-state index in [1.807, 2.05) is 0 Å². The monoisotopic (exact) mass is 442 g/mol. The van der Waals surface area contributed by atoms with Crippen LogP contribution >= 0.6 is 0 Å². The SMILES string of the molecule is O=C(OCc1cccc(COC(=O)c2cc(O)c(O)c(O)c2)c1)c1cc(O)c(O)c(O)c1. The summed E-state index contributed by atoms with van der Waals surface area (Å²) in [6, 6.07) is 10.4. The number of hydrogen-bond acceptors (Lipinski definition) is 10. The largest absolute Gasteiger partial charge is 0.504 e. The Morgan fingerprint density at radius 1 is 0.594 bits per heavy atom. The first-order valence-corrected chi connectivity index (χ1v) is 9.07.